The molecule has 0 atom stereocenters. The fraction of sp³-hybridized carbons (Fsp3) is 0.118. The van der Waals surface area contributed by atoms with Crippen molar-refractivity contribution >= 4 is 27.5 Å². The Bertz CT molecular complexity index is 685. The molecule has 0 unspecified atom stereocenters. The summed E-state index contributed by atoms with van der Waals surface area (Å²) in [7, 11) is 1.58. The van der Waals surface area contributed by atoms with Gasteiger partial charge in [-0.05, 0) is 46.3 Å². The Balaban J connectivity index is 2.18. The van der Waals surface area contributed by atoms with E-state index in [0.29, 0.717) is 29.4 Å². The van der Waals surface area contributed by atoms with Crippen LogP contribution in [-0.2, 0) is 0 Å². The lowest BCUT2D eigenvalue weighted by Crippen LogP contribution is -2.13. The second-order valence-corrected chi connectivity index (χ2v) is 5.25. The Morgan fingerprint density at radius 2 is 2.05 bits per heavy atom. The first-order valence-corrected chi connectivity index (χ1v) is 7.42. The molecule has 0 radical (unpaired) electrons. The van der Waals surface area contributed by atoms with Crippen molar-refractivity contribution in [1.29, 1.82) is 0 Å². The standard InChI is InChI=1S/C17H16BrNO3/c1-3-10-22-16-7-5-4-6-14(16)19-17(20)12-8-9-15(21-2)13(18)11-12/h3-9,11H,1,10H2,2H3,(H,19,20). The summed E-state index contributed by atoms with van der Waals surface area (Å²) in [5, 5.41) is 2.84. The number of ether oxygens (including phenoxy) is 2. The highest BCUT2D eigenvalue weighted by atomic mass is 79.9. The predicted octanol–water partition coefficient (Wildman–Crippen LogP) is 4.27. The summed E-state index contributed by atoms with van der Waals surface area (Å²) in [6.45, 7) is 3.99. The van der Waals surface area contributed by atoms with Gasteiger partial charge < -0.3 is 14.8 Å². The van der Waals surface area contributed by atoms with Crippen LogP contribution in [0.2, 0.25) is 0 Å². The molecule has 0 aliphatic rings. The molecule has 2 rings (SSSR count). The summed E-state index contributed by atoms with van der Waals surface area (Å²) >= 11 is 3.37. The lowest BCUT2D eigenvalue weighted by atomic mass is 10.2. The van der Waals surface area contributed by atoms with Crippen molar-refractivity contribution in [2.24, 2.45) is 0 Å². The van der Waals surface area contributed by atoms with E-state index in [9.17, 15) is 4.79 Å². The molecule has 0 aromatic heterocycles. The van der Waals surface area contributed by atoms with Crippen LogP contribution in [-0.4, -0.2) is 19.6 Å². The maximum atomic E-state index is 12.3. The zero-order valence-corrected chi connectivity index (χ0v) is 13.7. The summed E-state index contributed by atoms with van der Waals surface area (Å²) in [4.78, 5) is 12.3. The molecule has 0 spiro atoms. The van der Waals surface area contributed by atoms with Crippen molar-refractivity contribution in [1.82, 2.24) is 0 Å². The lowest BCUT2D eigenvalue weighted by Gasteiger charge is -2.12. The number of nitrogens with one attached hydrogen (secondary N) is 1. The maximum absolute atomic E-state index is 12.3. The third-order valence-electron chi connectivity index (χ3n) is 2.91. The van der Waals surface area contributed by atoms with Crippen LogP contribution in [0, 0.1) is 0 Å². The van der Waals surface area contributed by atoms with E-state index in [1.807, 2.05) is 12.1 Å². The number of benzene rings is 2. The van der Waals surface area contributed by atoms with Gasteiger partial charge in [-0.1, -0.05) is 24.8 Å². The van der Waals surface area contributed by atoms with Gasteiger partial charge in [0, 0.05) is 5.56 Å². The molecular weight excluding hydrogens is 346 g/mol. The number of hydrogen-bond donors (Lipinski definition) is 1. The van der Waals surface area contributed by atoms with Gasteiger partial charge in [0.05, 0.1) is 17.3 Å². The number of carbonyl (C=O) groups is 1. The SMILES string of the molecule is C=CCOc1ccccc1NC(=O)c1ccc(OC)c(Br)c1. The molecule has 5 heteroatoms. The van der Waals surface area contributed by atoms with Crippen molar-refractivity contribution in [2.75, 3.05) is 19.0 Å². The number of methoxy groups -OCH3 is 1. The monoisotopic (exact) mass is 361 g/mol. The van der Waals surface area contributed by atoms with Crippen LogP contribution in [0.1, 0.15) is 10.4 Å². The lowest BCUT2D eigenvalue weighted by molar-refractivity contribution is 0.102. The van der Waals surface area contributed by atoms with Gasteiger partial charge in [0.2, 0.25) is 0 Å². The van der Waals surface area contributed by atoms with Crippen molar-refractivity contribution in [3.8, 4) is 11.5 Å². The molecule has 0 aliphatic heterocycles. The minimum absolute atomic E-state index is 0.224. The fourth-order valence-corrected chi connectivity index (χ4v) is 2.39. The molecule has 22 heavy (non-hydrogen) atoms. The molecule has 2 aromatic carbocycles. The smallest absolute Gasteiger partial charge is 0.255 e. The van der Waals surface area contributed by atoms with Crippen LogP contribution in [0.25, 0.3) is 0 Å². The van der Waals surface area contributed by atoms with E-state index in [0.717, 1.165) is 4.47 Å². The van der Waals surface area contributed by atoms with E-state index in [4.69, 9.17) is 9.47 Å². The predicted molar refractivity (Wildman–Crippen MR) is 90.8 cm³/mol. The van der Waals surface area contributed by atoms with Gasteiger partial charge in [-0.15, -0.1) is 0 Å². The second-order valence-electron chi connectivity index (χ2n) is 4.40. The van der Waals surface area contributed by atoms with Gasteiger partial charge in [-0.3, -0.25) is 4.79 Å². The summed E-state index contributed by atoms with van der Waals surface area (Å²) in [6, 6.07) is 12.4. The molecule has 1 N–H and O–H groups in total. The molecule has 4 nitrogen and oxygen atoms in total. The van der Waals surface area contributed by atoms with Gasteiger partial charge in [0.15, 0.2) is 0 Å². The second kappa shape index (κ2) is 7.66. The average Bonchev–Trinajstić information content (AvgIpc) is 2.54. The van der Waals surface area contributed by atoms with Crippen molar-refractivity contribution in [3.05, 3.63) is 65.2 Å². The van der Waals surface area contributed by atoms with E-state index in [2.05, 4.69) is 27.8 Å². The Morgan fingerprint density at radius 1 is 1.27 bits per heavy atom. The van der Waals surface area contributed by atoms with Crippen LogP contribution in [0.15, 0.2) is 59.6 Å². The van der Waals surface area contributed by atoms with E-state index >= 15 is 0 Å². The Kier molecular flexibility index (Phi) is 5.61. The van der Waals surface area contributed by atoms with Crippen molar-refractivity contribution in [3.63, 3.8) is 0 Å². The molecule has 0 fully saturated rings. The van der Waals surface area contributed by atoms with Gasteiger partial charge in [-0.25, -0.2) is 0 Å². The molecule has 0 aliphatic carbocycles. The normalized spacial score (nSPS) is 9.91. The number of para-hydroxylation sites is 2. The van der Waals surface area contributed by atoms with Crippen LogP contribution < -0.4 is 14.8 Å². The zero-order valence-electron chi connectivity index (χ0n) is 12.1. The fourth-order valence-electron chi connectivity index (χ4n) is 1.85. The molecule has 2 aromatic rings. The van der Waals surface area contributed by atoms with E-state index < -0.39 is 0 Å². The van der Waals surface area contributed by atoms with Crippen molar-refractivity contribution in [2.45, 2.75) is 0 Å². The molecular formula is C17H16BrNO3. The number of anilines is 1. The molecule has 0 saturated carbocycles. The van der Waals surface area contributed by atoms with Gasteiger partial charge in [0.25, 0.3) is 5.91 Å². The topological polar surface area (TPSA) is 47.6 Å². The number of halogens is 1. The van der Waals surface area contributed by atoms with Gasteiger partial charge >= 0.3 is 0 Å². The summed E-state index contributed by atoms with van der Waals surface area (Å²) in [6.07, 6.45) is 1.65. The minimum atomic E-state index is -0.224. The molecule has 0 bridgehead atoms. The van der Waals surface area contributed by atoms with E-state index in [-0.39, 0.29) is 5.91 Å². The zero-order chi connectivity index (χ0) is 15.9. The first-order valence-electron chi connectivity index (χ1n) is 6.63. The highest BCUT2D eigenvalue weighted by molar-refractivity contribution is 9.10. The third kappa shape index (κ3) is 3.89. The quantitative estimate of drug-likeness (QED) is 0.781. The molecule has 114 valence electrons. The maximum Gasteiger partial charge on any atom is 0.255 e. The molecule has 0 heterocycles. The van der Waals surface area contributed by atoms with Crippen LogP contribution in [0.3, 0.4) is 0 Å². The van der Waals surface area contributed by atoms with Crippen LogP contribution >= 0.6 is 15.9 Å². The summed E-state index contributed by atoms with van der Waals surface area (Å²) in [5.41, 5.74) is 1.13. The average molecular weight is 362 g/mol. The van der Waals surface area contributed by atoms with Gasteiger partial charge in [0.1, 0.15) is 18.1 Å². The van der Waals surface area contributed by atoms with Crippen LogP contribution in [0.5, 0.6) is 11.5 Å². The van der Waals surface area contributed by atoms with Crippen LogP contribution in [0.4, 0.5) is 5.69 Å². The summed E-state index contributed by atoms with van der Waals surface area (Å²) in [5.74, 6) is 1.05. The number of carbonyl (C=O) groups excluding carboxylic acids is 1. The minimum Gasteiger partial charge on any atom is -0.496 e. The number of rotatable bonds is 6. The van der Waals surface area contributed by atoms with Crippen molar-refractivity contribution < 1.29 is 14.3 Å². The Labute approximate surface area is 137 Å². The van der Waals surface area contributed by atoms with Gasteiger partial charge in [-0.2, -0.15) is 0 Å². The Hall–Kier alpha value is -2.27. The number of amides is 1. The highest BCUT2D eigenvalue weighted by Crippen LogP contribution is 2.27. The molecule has 0 saturated heterocycles. The summed E-state index contributed by atoms with van der Waals surface area (Å²) < 4.78 is 11.4. The van der Waals surface area contributed by atoms with E-state index in [1.54, 1.807) is 43.5 Å². The van der Waals surface area contributed by atoms with E-state index in [1.165, 1.54) is 0 Å². The number of hydrogen-bond acceptors (Lipinski definition) is 3. The Morgan fingerprint density at radius 3 is 2.73 bits per heavy atom. The molecule has 1 amide bonds. The first kappa shape index (κ1) is 16.1. The first-order chi connectivity index (χ1) is 10.7. The largest absolute Gasteiger partial charge is 0.496 e. The highest BCUT2D eigenvalue weighted by Gasteiger charge is 2.11. The third-order valence-corrected chi connectivity index (χ3v) is 3.53.